The zero-order chi connectivity index (χ0) is 13.6. The van der Waals surface area contributed by atoms with Crippen LogP contribution in [-0.2, 0) is 14.6 Å². The maximum Gasteiger partial charge on any atom is 0.397 e. The van der Waals surface area contributed by atoms with Gasteiger partial charge in [0.05, 0.1) is 6.10 Å². The summed E-state index contributed by atoms with van der Waals surface area (Å²) < 4.78 is 33.9. The van der Waals surface area contributed by atoms with Crippen molar-refractivity contribution in [1.29, 1.82) is 0 Å². The second kappa shape index (κ2) is 6.84. The highest BCUT2D eigenvalue weighted by molar-refractivity contribution is 7.80. The van der Waals surface area contributed by atoms with E-state index >= 15 is 0 Å². The second-order valence-corrected chi connectivity index (χ2v) is 4.65. The van der Waals surface area contributed by atoms with Gasteiger partial charge in [-0.1, -0.05) is 20.3 Å². The van der Waals surface area contributed by atoms with Gasteiger partial charge in [0.15, 0.2) is 6.10 Å². The minimum Gasteiger partial charge on any atom is -0.390 e. The molecule has 0 bridgehead atoms. The Hall–Kier alpha value is -0.770. The largest absolute Gasteiger partial charge is 0.397 e. The van der Waals surface area contributed by atoms with Crippen LogP contribution in [0.4, 0.5) is 0 Å². The number of aliphatic hydroxyl groups excluding tert-OH is 1. The van der Waals surface area contributed by atoms with Crippen LogP contribution in [0.15, 0.2) is 0 Å². The van der Waals surface area contributed by atoms with E-state index in [-0.39, 0.29) is 12.8 Å². The van der Waals surface area contributed by atoms with Crippen LogP contribution in [0.3, 0.4) is 0 Å². The summed E-state index contributed by atoms with van der Waals surface area (Å²) in [7, 11) is -4.84. The van der Waals surface area contributed by atoms with Gasteiger partial charge in [0.2, 0.25) is 6.04 Å². The molecule has 0 aliphatic rings. The number of aliphatic hydroxyl groups is 1. The Kier molecular flexibility index (Phi) is 6.53. The van der Waals surface area contributed by atoms with Crippen molar-refractivity contribution in [3.05, 3.63) is 10.1 Å². The van der Waals surface area contributed by atoms with Crippen LogP contribution in [0.2, 0.25) is 0 Å². The first-order valence-electron chi connectivity index (χ1n) is 5.20. The Labute approximate surface area is 99.7 Å². The van der Waals surface area contributed by atoms with Gasteiger partial charge >= 0.3 is 10.4 Å². The molecule has 3 atom stereocenters. The summed E-state index contributed by atoms with van der Waals surface area (Å²) in [6, 6.07) is -1.39. The maximum absolute atomic E-state index is 10.7. The first-order valence-corrected chi connectivity index (χ1v) is 6.56. The molecular weight excluding hydrogens is 254 g/mol. The molecule has 0 aromatic carbocycles. The minimum atomic E-state index is -4.84. The predicted molar refractivity (Wildman–Crippen MR) is 58.4 cm³/mol. The van der Waals surface area contributed by atoms with Gasteiger partial charge in [0.1, 0.15) is 0 Å². The van der Waals surface area contributed by atoms with Crippen molar-refractivity contribution < 1.29 is 27.2 Å². The summed E-state index contributed by atoms with van der Waals surface area (Å²) >= 11 is 0. The average molecular weight is 271 g/mol. The lowest BCUT2D eigenvalue weighted by Gasteiger charge is -2.23. The van der Waals surface area contributed by atoms with E-state index in [1.54, 1.807) is 6.92 Å². The standard InChI is InChI=1S/C8H17NO7S/c1-3-5-7(10)8(16-17(13,14)15)6(4-2)9(11)12/h6-8,10H,3-5H2,1-2H3,(H,13,14,15). The van der Waals surface area contributed by atoms with Gasteiger partial charge in [-0.15, -0.1) is 0 Å². The molecule has 0 aromatic rings. The topological polar surface area (TPSA) is 127 Å². The molecule has 0 aliphatic carbocycles. The van der Waals surface area contributed by atoms with E-state index in [0.717, 1.165) is 0 Å². The van der Waals surface area contributed by atoms with Crippen molar-refractivity contribution >= 4 is 10.4 Å². The minimum absolute atomic E-state index is 0.0199. The summed E-state index contributed by atoms with van der Waals surface area (Å²) in [5.74, 6) is 0. The molecule has 9 heteroatoms. The van der Waals surface area contributed by atoms with Gasteiger partial charge in [-0.25, -0.2) is 4.18 Å². The fourth-order valence-electron chi connectivity index (χ4n) is 1.49. The van der Waals surface area contributed by atoms with E-state index in [2.05, 4.69) is 4.18 Å². The van der Waals surface area contributed by atoms with Crippen LogP contribution >= 0.6 is 0 Å². The quantitative estimate of drug-likeness (QED) is 0.371. The lowest BCUT2D eigenvalue weighted by Crippen LogP contribution is -2.44. The average Bonchev–Trinajstić information content (AvgIpc) is 2.15. The number of rotatable bonds is 8. The van der Waals surface area contributed by atoms with Gasteiger partial charge in [-0.2, -0.15) is 8.42 Å². The molecule has 102 valence electrons. The molecule has 0 radical (unpaired) electrons. The molecule has 0 heterocycles. The smallest absolute Gasteiger partial charge is 0.390 e. The van der Waals surface area contributed by atoms with Crippen LogP contribution in [-0.4, -0.2) is 41.3 Å². The van der Waals surface area contributed by atoms with E-state index in [4.69, 9.17) is 4.55 Å². The molecule has 0 aromatic heterocycles. The van der Waals surface area contributed by atoms with Crippen molar-refractivity contribution in [1.82, 2.24) is 0 Å². The highest BCUT2D eigenvalue weighted by Gasteiger charge is 2.39. The zero-order valence-electron chi connectivity index (χ0n) is 9.64. The van der Waals surface area contributed by atoms with Crippen LogP contribution in [0.5, 0.6) is 0 Å². The van der Waals surface area contributed by atoms with Crippen LogP contribution < -0.4 is 0 Å². The monoisotopic (exact) mass is 271 g/mol. The maximum atomic E-state index is 10.7. The van der Waals surface area contributed by atoms with Gasteiger partial charge in [-0.05, 0) is 6.42 Å². The van der Waals surface area contributed by atoms with Crippen molar-refractivity contribution in [2.45, 2.75) is 51.4 Å². The fraction of sp³-hybridized carbons (Fsp3) is 1.00. The van der Waals surface area contributed by atoms with Crippen molar-refractivity contribution in [3.63, 3.8) is 0 Å². The fourth-order valence-corrected chi connectivity index (χ4v) is 2.02. The van der Waals surface area contributed by atoms with Crippen molar-refractivity contribution in [2.24, 2.45) is 0 Å². The first kappa shape index (κ1) is 16.2. The Morgan fingerprint density at radius 3 is 2.24 bits per heavy atom. The second-order valence-electron chi connectivity index (χ2n) is 3.61. The normalized spacial score (nSPS) is 17.4. The first-order chi connectivity index (χ1) is 7.72. The molecule has 0 aliphatic heterocycles. The lowest BCUT2D eigenvalue weighted by molar-refractivity contribution is -0.535. The summed E-state index contributed by atoms with van der Waals surface area (Å²) in [6.07, 6.45) is -2.28. The molecule has 0 saturated carbocycles. The molecule has 0 saturated heterocycles. The third-order valence-corrected chi connectivity index (χ3v) is 2.73. The summed E-state index contributed by atoms with van der Waals surface area (Å²) in [6.45, 7) is 3.19. The SMILES string of the molecule is CCCC(O)C(OS(=O)(=O)O)C(CC)[N+](=O)[O-]. The van der Waals surface area contributed by atoms with Crippen LogP contribution in [0, 0.1) is 10.1 Å². The van der Waals surface area contributed by atoms with Gasteiger partial charge in [-0.3, -0.25) is 14.7 Å². The molecule has 2 N–H and O–H groups in total. The number of nitro groups is 1. The Morgan fingerprint density at radius 1 is 1.41 bits per heavy atom. The van der Waals surface area contributed by atoms with Crippen molar-refractivity contribution in [3.8, 4) is 0 Å². The van der Waals surface area contributed by atoms with Gasteiger partial charge in [0, 0.05) is 11.3 Å². The van der Waals surface area contributed by atoms with E-state index in [1.165, 1.54) is 6.92 Å². The van der Waals surface area contributed by atoms with E-state index in [0.29, 0.717) is 6.42 Å². The predicted octanol–water partition coefficient (Wildman–Crippen LogP) is 0.391. The lowest BCUT2D eigenvalue weighted by atomic mass is 10.0. The Morgan fingerprint density at radius 2 is 1.94 bits per heavy atom. The van der Waals surface area contributed by atoms with Crippen molar-refractivity contribution in [2.75, 3.05) is 0 Å². The van der Waals surface area contributed by atoms with Gasteiger partial charge < -0.3 is 5.11 Å². The highest BCUT2D eigenvalue weighted by atomic mass is 32.3. The van der Waals surface area contributed by atoms with E-state index in [9.17, 15) is 23.6 Å². The Bertz CT molecular complexity index is 342. The summed E-state index contributed by atoms with van der Waals surface area (Å²) in [4.78, 5) is 9.98. The molecule has 17 heavy (non-hydrogen) atoms. The molecule has 0 amide bonds. The summed E-state index contributed by atoms with van der Waals surface area (Å²) in [5.41, 5.74) is 0. The summed E-state index contributed by atoms with van der Waals surface area (Å²) in [5, 5.41) is 20.3. The van der Waals surface area contributed by atoms with Crippen LogP contribution in [0.1, 0.15) is 33.1 Å². The number of hydrogen-bond acceptors (Lipinski definition) is 6. The van der Waals surface area contributed by atoms with E-state index < -0.39 is 33.6 Å². The van der Waals surface area contributed by atoms with Crippen LogP contribution in [0.25, 0.3) is 0 Å². The highest BCUT2D eigenvalue weighted by Crippen LogP contribution is 2.17. The molecule has 0 fully saturated rings. The molecule has 3 unspecified atom stereocenters. The molecule has 0 rings (SSSR count). The molecule has 8 nitrogen and oxygen atoms in total. The third-order valence-electron chi connectivity index (χ3n) is 2.26. The zero-order valence-corrected chi connectivity index (χ0v) is 10.5. The third kappa shape index (κ3) is 5.91. The molecular formula is C8H17NO7S. The van der Waals surface area contributed by atoms with E-state index in [1.807, 2.05) is 0 Å². The Balaban J connectivity index is 5.00. The number of nitrogens with zero attached hydrogens (tertiary/aromatic N) is 1. The van der Waals surface area contributed by atoms with Gasteiger partial charge in [0.25, 0.3) is 0 Å². The number of hydrogen-bond donors (Lipinski definition) is 2. The molecule has 0 spiro atoms.